The van der Waals surface area contributed by atoms with Crippen LogP contribution in [0, 0.1) is 5.92 Å². The molecule has 1 saturated heterocycles. The Morgan fingerprint density at radius 2 is 2.33 bits per heavy atom. The van der Waals surface area contributed by atoms with Gasteiger partial charge in [-0.05, 0) is 31.9 Å². The molecule has 0 spiro atoms. The van der Waals surface area contributed by atoms with E-state index in [1.54, 1.807) is 13.0 Å². The predicted octanol–water partition coefficient (Wildman–Crippen LogP) is 2.46. The maximum atomic E-state index is 12.1. The summed E-state index contributed by atoms with van der Waals surface area (Å²) in [5.74, 6) is 0.302. The fourth-order valence-electron chi connectivity index (χ4n) is 2.37. The Morgan fingerprint density at radius 3 is 2.95 bits per heavy atom. The first kappa shape index (κ1) is 15.5. The summed E-state index contributed by atoms with van der Waals surface area (Å²) in [5, 5.41) is 0. The highest BCUT2D eigenvalue weighted by Crippen LogP contribution is 2.24. The molecule has 1 atom stereocenters. The Bertz CT molecular complexity index is 468. The number of rotatable bonds is 5. The third-order valence-corrected chi connectivity index (χ3v) is 3.31. The van der Waals surface area contributed by atoms with Crippen molar-refractivity contribution >= 4 is 11.8 Å². The molecule has 0 aliphatic carbocycles. The second kappa shape index (κ2) is 7.19. The summed E-state index contributed by atoms with van der Waals surface area (Å²) in [6.07, 6.45) is 2.91. The van der Waals surface area contributed by atoms with Gasteiger partial charge in [0.1, 0.15) is 11.6 Å². The molecular formula is C14H18F2N2O3. The van der Waals surface area contributed by atoms with E-state index in [4.69, 9.17) is 4.74 Å². The van der Waals surface area contributed by atoms with E-state index >= 15 is 0 Å². The molecule has 0 N–H and O–H groups in total. The molecular weight excluding hydrogens is 282 g/mol. The number of aromatic nitrogens is 1. The van der Waals surface area contributed by atoms with Crippen LogP contribution >= 0.6 is 0 Å². The van der Waals surface area contributed by atoms with Crippen LogP contribution in [0.5, 0.6) is 5.75 Å². The van der Waals surface area contributed by atoms with Gasteiger partial charge in [-0.25, -0.2) is 4.98 Å². The zero-order chi connectivity index (χ0) is 15.2. The van der Waals surface area contributed by atoms with Crippen LogP contribution in [-0.2, 0) is 9.53 Å². The van der Waals surface area contributed by atoms with Gasteiger partial charge in [0.25, 0.3) is 0 Å². The molecule has 116 valence electrons. The molecule has 0 radical (unpaired) electrons. The molecule has 1 aromatic heterocycles. The minimum Gasteiger partial charge on any atom is -0.466 e. The van der Waals surface area contributed by atoms with Crippen molar-refractivity contribution in [1.82, 2.24) is 4.98 Å². The smallest absolute Gasteiger partial charge is 0.387 e. The van der Waals surface area contributed by atoms with Crippen LogP contribution in [0.1, 0.15) is 19.8 Å². The first-order valence-corrected chi connectivity index (χ1v) is 6.92. The topological polar surface area (TPSA) is 51.7 Å². The van der Waals surface area contributed by atoms with E-state index in [0.717, 1.165) is 19.4 Å². The minimum absolute atomic E-state index is 0.0210. The summed E-state index contributed by atoms with van der Waals surface area (Å²) in [5.41, 5.74) is 0. The van der Waals surface area contributed by atoms with Crippen molar-refractivity contribution in [2.24, 2.45) is 5.92 Å². The fraction of sp³-hybridized carbons (Fsp3) is 0.571. The lowest BCUT2D eigenvalue weighted by Gasteiger charge is -2.32. The van der Waals surface area contributed by atoms with E-state index in [1.807, 2.05) is 4.90 Å². The number of piperidine rings is 1. The van der Waals surface area contributed by atoms with Crippen LogP contribution in [-0.4, -0.2) is 37.3 Å². The summed E-state index contributed by atoms with van der Waals surface area (Å²) >= 11 is 0. The van der Waals surface area contributed by atoms with Crippen molar-refractivity contribution in [2.45, 2.75) is 26.4 Å². The van der Waals surface area contributed by atoms with Gasteiger partial charge >= 0.3 is 12.6 Å². The normalized spacial score (nSPS) is 18.7. The number of anilines is 1. The summed E-state index contributed by atoms with van der Waals surface area (Å²) in [4.78, 5) is 17.8. The minimum atomic E-state index is -2.86. The zero-order valence-corrected chi connectivity index (χ0v) is 11.8. The highest BCUT2D eigenvalue weighted by molar-refractivity contribution is 5.73. The van der Waals surface area contributed by atoms with Crippen molar-refractivity contribution in [3.05, 3.63) is 18.3 Å². The first-order valence-electron chi connectivity index (χ1n) is 6.92. The second-order valence-corrected chi connectivity index (χ2v) is 4.77. The third-order valence-electron chi connectivity index (χ3n) is 3.31. The van der Waals surface area contributed by atoms with E-state index in [0.29, 0.717) is 19.0 Å². The number of hydrogen-bond donors (Lipinski definition) is 0. The number of carbonyl (C=O) groups is 1. The predicted molar refractivity (Wildman–Crippen MR) is 72.4 cm³/mol. The molecule has 21 heavy (non-hydrogen) atoms. The molecule has 2 heterocycles. The number of ether oxygens (including phenoxy) is 2. The third kappa shape index (κ3) is 4.27. The van der Waals surface area contributed by atoms with Crippen molar-refractivity contribution in [1.29, 1.82) is 0 Å². The first-order chi connectivity index (χ1) is 10.1. The summed E-state index contributed by atoms with van der Waals surface area (Å²) < 4.78 is 33.5. The molecule has 1 aliphatic heterocycles. The summed E-state index contributed by atoms with van der Waals surface area (Å²) in [7, 11) is 0. The molecule has 1 unspecified atom stereocenters. The second-order valence-electron chi connectivity index (χ2n) is 4.77. The number of alkyl halides is 2. The van der Waals surface area contributed by atoms with Gasteiger partial charge in [-0.15, -0.1) is 0 Å². The standard InChI is InChI=1S/C14H18F2N2O3/c1-2-20-13(19)10-4-3-7-18(9-10)12-6-5-11(8-17-12)21-14(15)16/h5-6,8,10,14H,2-4,7,9H2,1H3. The van der Waals surface area contributed by atoms with E-state index in [9.17, 15) is 13.6 Å². The van der Waals surface area contributed by atoms with E-state index in [2.05, 4.69) is 9.72 Å². The quantitative estimate of drug-likeness (QED) is 0.782. The van der Waals surface area contributed by atoms with Gasteiger partial charge < -0.3 is 14.4 Å². The van der Waals surface area contributed by atoms with Gasteiger partial charge in [-0.1, -0.05) is 0 Å². The van der Waals surface area contributed by atoms with Gasteiger partial charge in [-0.3, -0.25) is 4.79 Å². The number of esters is 1. The van der Waals surface area contributed by atoms with Crippen molar-refractivity contribution in [2.75, 3.05) is 24.6 Å². The molecule has 7 heteroatoms. The van der Waals surface area contributed by atoms with Crippen LogP contribution in [0.2, 0.25) is 0 Å². The van der Waals surface area contributed by atoms with Crippen LogP contribution in [0.25, 0.3) is 0 Å². The van der Waals surface area contributed by atoms with Crippen LogP contribution in [0.4, 0.5) is 14.6 Å². The molecule has 0 aromatic carbocycles. The SMILES string of the molecule is CCOC(=O)C1CCCN(c2ccc(OC(F)F)cn2)C1. The summed E-state index contributed by atoms with van der Waals surface area (Å²) in [6.45, 7) is 0.592. The average molecular weight is 300 g/mol. The van der Waals surface area contributed by atoms with Crippen molar-refractivity contribution in [3.8, 4) is 5.75 Å². The fourth-order valence-corrected chi connectivity index (χ4v) is 2.37. The van der Waals surface area contributed by atoms with Gasteiger partial charge in [0.15, 0.2) is 0 Å². The lowest BCUT2D eigenvalue weighted by molar-refractivity contribution is -0.148. The average Bonchev–Trinajstić information content (AvgIpc) is 2.48. The van der Waals surface area contributed by atoms with Crippen LogP contribution in [0.15, 0.2) is 18.3 Å². The Balaban J connectivity index is 1.99. The number of carbonyl (C=O) groups excluding carboxylic acids is 1. The number of halogens is 2. The lowest BCUT2D eigenvalue weighted by Crippen LogP contribution is -2.39. The van der Waals surface area contributed by atoms with Gasteiger partial charge in [0.2, 0.25) is 0 Å². The molecule has 1 fully saturated rings. The Hall–Kier alpha value is -1.92. The highest BCUT2D eigenvalue weighted by atomic mass is 19.3. The molecule has 1 aliphatic rings. The van der Waals surface area contributed by atoms with Crippen LogP contribution < -0.4 is 9.64 Å². The van der Waals surface area contributed by atoms with Gasteiger partial charge in [0.05, 0.1) is 18.7 Å². The molecule has 0 bridgehead atoms. The monoisotopic (exact) mass is 300 g/mol. The largest absolute Gasteiger partial charge is 0.466 e. The maximum absolute atomic E-state index is 12.1. The zero-order valence-electron chi connectivity index (χ0n) is 11.8. The van der Waals surface area contributed by atoms with Crippen LogP contribution in [0.3, 0.4) is 0 Å². The van der Waals surface area contributed by atoms with Crippen molar-refractivity contribution < 1.29 is 23.0 Å². The van der Waals surface area contributed by atoms with E-state index < -0.39 is 6.61 Å². The maximum Gasteiger partial charge on any atom is 0.387 e. The van der Waals surface area contributed by atoms with Gasteiger partial charge in [0, 0.05) is 13.1 Å². The van der Waals surface area contributed by atoms with Gasteiger partial charge in [-0.2, -0.15) is 8.78 Å². The lowest BCUT2D eigenvalue weighted by atomic mass is 9.98. The molecule has 2 rings (SSSR count). The highest BCUT2D eigenvalue weighted by Gasteiger charge is 2.27. The number of pyridine rings is 1. The Kier molecular flexibility index (Phi) is 5.30. The molecule has 0 saturated carbocycles. The van der Waals surface area contributed by atoms with E-state index in [1.165, 1.54) is 12.3 Å². The van der Waals surface area contributed by atoms with Crippen molar-refractivity contribution in [3.63, 3.8) is 0 Å². The Morgan fingerprint density at radius 1 is 1.52 bits per heavy atom. The molecule has 1 aromatic rings. The van der Waals surface area contributed by atoms with E-state index in [-0.39, 0.29) is 17.6 Å². The number of hydrogen-bond acceptors (Lipinski definition) is 5. The number of nitrogens with zero attached hydrogens (tertiary/aromatic N) is 2. The molecule has 5 nitrogen and oxygen atoms in total. The summed E-state index contributed by atoms with van der Waals surface area (Å²) in [6, 6.07) is 3.06. The molecule has 0 amide bonds. The Labute approximate surface area is 121 Å².